The summed E-state index contributed by atoms with van der Waals surface area (Å²) < 4.78 is 5.56. The van der Waals surface area contributed by atoms with E-state index in [9.17, 15) is 14.4 Å². The van der Waals surface area contributed by atoms with Gasteiger partial charge in [-0.15, -0.1) is 0 Å². The molecular formula is C26H32N2O5. The first-order valence-corrected chi connectivity index (χ1v) is 11.2. The van der Waals surface area contributed by atoms with E-state index in [-0.39, 0.29) is 31.3 Å². The van der Waals surface area contributed by atoms with Crippen molar-refractivity contribution in [3.05, 3.63) is 59.7 Å². The molecule has 0 aliphatic heterocycles. The van der Waals surface area contributed by atoms with Gasteiger partial charge < -0.3 is 20.1 Å². The number of nitrogens with one attached hydrogen (secondary N) is 1. The van der Waals surface area contributed by atoms with E-state index in [1.807, 2.05) is 38.1 Å². The zero-order chi connectivity index (χ0) is 24.0. The number of aliphatic carboxylic acids is 1. The van der Waals surface area contributed by atoms with Gasteiger partial charge in [0.1, 0.15) is 6.61 Å². The highest BCUT2D eigenvalue weighted by Gasteiger charge is 2.29. The quantitative estimate of drug-likeness (QED) is 0.561. The molecule has 33 heavy (non-hydrogen) atoms. The zero-order valence-corrected chi connectivity index (χ0v) is 19.5. The molecule has 2 aromatic rings. The molecule has 1 aliphatic carbocycles. The number of hydrogen-bond acceptors (Lipinski definition) is 4. The molecule has 0 spiro atoms. The highest BCUT2D eigenvalue weighted by atomic mass is 16.5. The zero-order valence-electron chi connectivity index (χ0n) is 19.5. The normalized spacial score (nSPS) is 12.6. The summed E-state index contributed by atoms with van der Waals surface area (Å²) in [6.45, 7) is 4.73. The van der Waals surface area contributed by atoms with Gasteiger partial charge in [0, 0.05) is 38.9 Å². The van der Waals surface area contributed by atoms with Crippen molar-refractivity contribution in [1.29, 1.82) is 0 Å². The van der Waals surface area contributed by atoms with E-state index in [0.717, 1.165) is 11.1 Å². The van der Waals surface area contributed by atoms with Gasteiger partial charge in [-0.25, -0.2) is 4.79 Å². The molecule has 1 aliphatic rings. The highest BCUT2D eigenvalue weighted by molar-refractivity contribution is 5.79. The minimum absolute atomic E-state index is 0.00260. The third-order valence-electron chi connectivity index (χ3n) is 5.99. The van der Waals surface area contributed by atoms with Crippen LogP contribution in [0.25, 0.3) is 11.1 Å². The average Bonchev–Trinajstić information content (AvgIpc) is 3.09. The Hall–Kier alpha value is -3.35. The van der Waals surface area contributed by atoms with E-state index in [1.54, 1.807) is 7.05 Å². The molecule has 0 aromatic heterocycles. The summed E-state index contributed by atoms with van der Waals surface area (Å²) in [6, 6.07) is 16.3. The van der Waals surface area contributed by atoms with E-state index in [0.29, 0.717) is 19.5 Å². The van der Waals surface area contributed by atoms with E-state index in [4.69, 9.17) is 9.84 Å². The van der Waals surface area contributed by atoms with Crippen molar-refractivity contribution in [2.45, 2.75) is 39.0 Å². The Kier molecular flexibility index (Phi) is 7.74. The second-order valence-corrected chi connectivity index (χ2v) is 9.33. The highest BCUT2D eigenvalue weighted by Crippen LogP contribution is 2.44. The molecule has 176 valence electrons. The van der Waals surface area contributed by atoms with E-state index >= 15 is 0 Å². The number of amides is 2. The number of alkyl carbamates (subject to hydrolysis) is 1. The summed E-state index contributed by atoms with van der Waals surface area (Å²) in [6.07, 6.45) is 0.174. The van der Waals surface area contributed by atoms with E-state index in [2.05, 4.69) is 29.6 Å². The molecule has 7 nitrogen and oxygen atoms in total. The molecular weight excluding hydrogens is 420 g/mol. The van der Waals surface area contributed by atoms with E-state index < -0.39 is 17.5 Å². The van der Waals surface area contributed by atoms with Crippen LogP contribution in [0.3, 0.4) is 0 Å². The Labute approximate surface area is 194 Å². The Bertz CT molecular complexity index is 972. The van der Waals surface area contributed by atoms with Crippen molar-refractivity contribution in [2.75, 3.05) is 26.7 Å². The number of ether oxygens (including phenoxy) is 1. The standard InChI is InChI=1S/C26H32N2O5/c1-26(2,15-23(29)28(3)14-8-13-24(30)31)17-27-25(32)33-16-22-20-11-6-4-9-18(20)19-10-5-7-12-21(19)22/h4-7,9-12,22H,8,13-17H2,1-3H3,(H,27,32)(H,30,31). The number of carboxylic acids is 1. The molecule has 0 saturated carbocycles. The Morgan fingerprint density at radius 1 is 1.03 bits per heavy atom. The van der Waals surface area contributed by atoms with Gasteiger partial charge in [0.15, 0.2) is 0 Å². The fourth-order valence-corrected chi connectivity index (χ4v) is 4.16. The van der Waals surface area contributed by atoms with Crippen LogP contribution in [0.15, 0.2) is 48.5 Å². The predicted molar refractivity (Wildman–Crippen MR) is 126 cm³/mol. The minimum Gasteiger partial charge on any atom is -0.481 e. The Morgan fingerprint density at radius 2 is 1.61 bits per heavy atom. The summed E-state index contributed by atoms with van der Waals surface area (Å²) in [5, 5.41) is 11.5. The summed E-state index contributed by atoms with van der Waals surface area (Å²) in [7, 11) is 1.67. The first kappa shape index (κ1) is 24.3. The number of rotatable bonds is 10. The molecule has 0 atom stereocenters. The van der Waals surface area contributed by atoms with Crippen LogP contribution >= 0.6 is 0 Å². The Morgan fingerprint density at radius 3 is 2.18 bits per heavy atom. The second-order valence-electron chi connectivity index (χ2n) is 9.33. The van der Waals surface area contributed by atoms with Crippen LogP contribution in [0.2, 0.25) is 0 Å². The largest absolute Gasteiger partial charge is 0.481 e. The predicted octanol–water partition coefficient (Wildman–Crippen LogP) is 4.26. The molecule has 3 rings (SSSR count). The monoisotopic (exact) mass is 452 g/mol. The van der Waals surface area contributed by atoms with Gasteiger partial charge in [0.2, 0.25) is 5.91 Å². The number of fused-ring (bicyclic) bond motifs is 3. The lowest BCUT2D eigenvalue weighted by Crippen LogP contribution is -2.39. The molecule has 0 radical (unpaired) electrons. The van der Waals surface area contributed by atoms with Gasteiger partial charge in [-0.3, -0.25) is 9.59 Å². The van der Waals surface area contributed by atoms with Crippen LogP contribution in [0.4, 0.5) is 4.79 Å². The number of benzene rings is 2. The Balaban J connectivity index is 1.48. The maximum absolute atomic E-state index is 12.4. The van der Waals surface area contributed by atoms with Crippen molar-refractivity contribution in [2.24, 2.45) is 5.41 Å². The van der Waals surface area contributed by atoms with Gasteiger partial charge in [-0.2, -0.15) is 0 Å². The maximum Gasteiger partial charge on any atom is 0.407 e. The molecule has 7 heteroatoms. The molecule has 2 amide bonds. The third-order valence-corrected chi connectivity index (χ3v) is 5.99. The lowest BCUT2D eigenvalue weighted by molar-refractivity contribution is -0.138. The maximum atomic E-state index is 12.4. The first-order valence-electron chi connectivity index (χ1n) is 11.2. The fraction of sp³-hybridized carbons (Fsp3) is 0.423. The van der Waals surface area contributed by atoms with Crippen molar-refractivity contribution in [3.63, 3.8) is 0 Å². The molecule has 0 saturated heterocycles. The lowest BCUT2D eigenvalue weighted by atomic mass is 9.88. The molecule has 0 bridgehead atoms. The van der Waals surface area contributed by atoms with E-state index in [1.165, 1.54) is 16.0 Å². The number of carbonyl (C=O) groups excluding carboxylic acids is 2. The van der Waals surface area contributed by atoms with Crippen LogP contribution in [-0.2, 0) is 14.3 Å². The minimum atomic E-state index is -0.872. The SMILES string of the molecule is CN(CCCC(=O)O)C(=O)CC(C)(C)CNC(=O)OCC1c2ccccc2-c2ccccc21. The van der Waals surface area contributed by atoms with Gasteiger partial charge in [0.05, 0.1) is 0 Å². The van der Waals surface area contributed by atoms with Crippen LogP contribution in [0.1, 0.15) is 50.2 Å². The van der Waals surface area contributed by atoms with Gasteiger partial charge in [0.25, 0.3) is 0 Å². The molecule has 2 aromatic carbocycles. The summed E-state index contributed by atoms with van der Waals surface area (Å²) in [4.78, 5) is 37.0. The van der Waals surface area contributed by atoms with Gasteiger partial charge >= 0.3 is 12.1 Å². The molecule has 0 fully saturated rings. The summed E-state index contributed by atoms with van der Waals surface area (Å²) in [5.41, 5.74) is 4.19. The number of nitrogens with zero attached hydrogens (tertiary/aromatic N) is 1. The topological polar surface area (TPSA) is 95.9 Å². The number of hydrogen-bond donors (Lipinski definition) is 2. The summed E-state index contributed by atoms with van der Waals surface area (Å²) >= 11 is 0. The van der Waals surface area contributed by atoms with Gasteiger partial charge in [-0.1, -0.05) is 62.4 Å². The van der Waals surface area contributed by atoms with Crippen molar-refractivity contribution in [1.82, 2.24) is 10.2 Å². The van der Waals surface area contributed by atoms with Crippen molar-refractivity contribution >= 4 is 18.0 Å². The van der Waals surface area contributed by atoms with Crippen LogP contribution in [0.5, 0.6) is 0 Å². The van der Waals surface area contributed by atoms with Crippen LogP contribution in [-0.4, -0.2) is 54.7 Å². The molecule has 0 heterocycles. The lowest BCUT2D eigenvalue weighted by Gasteiger charge is -2.27. The van der Waals surface area contributed by atoms with Crippen molar-refractivity contribution in [3.8, 4) is 11.1 Å². The van der Waals surface area contributed by atoms with Crippen LogP contribution in [0, 0.1) is 5.41 Å². The number of carbonyl (C=O) groups is 3. The molecule has 0 unspecified atom stereocenters. The number of carboxylic acid groups (broad SMARTS) is 1. The fourth-order valence-electron chi connectivity index (χ4n) is 4.16. The van der Waals surface area contributed by atoms with Crippen molar-refractivity contribution < 1.29 is 24.2 Å². The smallest absolute Gasteiger partial charge is 0.407 e. The average molecular weight is 453 g/mol. The first-order chi connectivity index (χ1) is 15.7. The van der Waals surface area contributed by atoms with Gasteiger partial charge in [-0.05, 0) is 34.1 Å². The second kappa shape index (κ2) is 10.5. The van der Waals surface area contributed by atoms with Crippen LogP contribution < -0.4 is 5.32 Å². The summed E-state index contributed by atoms with van der Waals surface area (Å²) in [5.74, 6) is -0.958. The molecule has 2 N–H and O–H groups in total. The third kappa shape index (κ3) is 6.34.